The van der Waals surface area contributed by atoms with Gasteiger partial charge in [-0.05, 0) is 30.2 Å². The van der Waals surface area contributed by atoms with Crippen molar-refractivity contribution in [3.63, 3.8) is 0 Å². The first kappa shape index (κ1) is 14.0. The van der Waals surface area contributed by atoms with Crippen molar-refractivity contribution in [1.82, 2.24) is 10.3 Å². The molecule has 1 aromatic heterocycles. The first-order valence-electron chi connectivity index (χ1n) is 6.41. The van der Waals surface area contributed by atoms with E-state index in [1.54, 1.807) is 12.4 Å². The molecule has 0 aliphatic heterocycles. The van der Waals surface area contributed by atoms with Crippen LogP contribution in [-0.4, -0.2) is 16.0 Å². The molecule has 0 bridgehead atoms. The molecule has 4 N–H and O–H groups in total. The molecule has 1 heterocycles. The van der Waals surface area contributed by atoms with E-state index in [1.165, 1.54) is 5.56 Å². The number of nitrogens with two attached hydrogens (primary N) is 1. The van der Waals surface area contributed by atoms with Crippen LogP contribution < -0.4 is 11.1 Å². The molecule has 104 valence electrons. The normalized spacial score (nSPS) is 13.2. The van der Waals surface area contributed by atoms with Gasteiger partial charge in [0.25, 0.3) is 0 Å². The molecule has 1 atom stereocenters. The SMILES string of the molecule is CC(NCc1ccccc1C(N)=NO)c1ccncc1. The van der Waals surface area contributed by atoms with Crippen LogP contribution in [0.25, 0.3) is 0 Å². The van der Waals surface area contributed by atoms with Crippen molar-refractivity contribution in [3.8, 4) is 0 Å². The van der Waals surface area contributed by atoms with Crippen molar-refractivity contribution in [3.05, 3.63) is 65.5 Å². The Labute approximate surface area is 118 Å². The van der Waals surface area contributed by atoms with Gasteiger partial charge in [0.15, 0.2) is 5.84 Å². The maximum Gasteiger partial charge on any atom is 0.170 e. The molecule has 0 saturated heterocycles. The second-order valence-corrected chi connectivity index (χ2v) is 4.53. The zero-order chi connectivity index (χ0) is 14.4. The minimum Gasteiger partial charge on any atom is -0.409 e. The van der Waals surface area contributed by atoms with E-state index in [1.807, 2.05) is 36.4 Å². The number of nitrogens with zero attached hydrogens (tertiary/aromatic N) is 2. The molecule has 0 radical (unpaired) electrons. The van der Waals surface area contributed by atoms with E-state index in [9.17, 15) is 0 Å². The van der Waals surface area contributed by atoms with Crippen molar-refractivity contribution in [2.45, 2.75) is 19.5 Å². The highest BCUT2D eigenvalue weighted by Crippen LogP contribution is 2.13. The predicted molar refractivity (Wildman–Crippen MR) is 78.4 cm³/mol. The van der Waals surface area contributed by atoms with E-state index in [0.717, 1.165) is 11.1 Å². The van der Waals surface area contributed by atoms with Crippen LogP contribution in [0.3, 0.4) is 0 Å². The molecule has 0 amide bonds. The van der Waals surface area contributed by atoms with Gasteiger partial charge in [0.05, 0.1) is 0 Å². The minimum absolute atomic E-state index is 0.124. The molecule has 0 saturated carbocycles. The number of oxime groups is 1. The van der Waals surface area contributed by atoms with Gasteiger partial charge in [0.1, 0.15) is 0 Å². The van der Waals surface area contributed by atoms with E-state index < -0.39 is 0 Å². The Morgan fingerprint density at radius 3 is 2.70 bits per heavy atom. The Morgan fingerprint density at radius 2 is 2.00 bits per heavy atom. The molecule has 0 aliphatic carbocycles. The van der Waals surface area contributed by atoms with E-state index >= 15 is 0 Å². The third-order valence-electron chi connectivity index (χ3n) is 3.21. The Morgan fingerprint density at radius 1 is 1.30 bits per heavy atom. The fourth-order valence-corrected chi connectivity index (χ4v) is 2.01. The van der Waals surface area contributed by atoms with Crippen LogP contribution in [-0.2, 0) is 6.54 Å². The maximum absolute atomic E-state index is 8.80. The Balaban J connectivity index is 2.08. The van der Waals surface area contributed by atoms with Crippen LogP contribution in [0, 0.1) is 0 Å². The van der Waals surface area contributed by atoms with Crippen LogP contribution in [0.4, 0.5) is 0 Å². The van der Waals surface area contributed by atoms with Gasteiger partial charge in [-0.25, -0.2) is 0 Å². The number of benzene rings is 1. The van der Waals surface area contributed by atoms with Gasteiger partial charge in [-0.1, -0.05) is 29.4 Å². The smallest absolute Gasteiger partial charge is 0.170 e. The van der Waals surface area contributed by atoms with Crippen LogP contribution >= 0.6 is 0 Å². The quantitative estimate of drug-likeness (QED) is 0.336. The third kappa shape index (κ3) is 3.33. The van der Waals surface area contributed by atoms with Crippen LogP contribution in [0.2, 0.25) is 0 Å². The van der Waals surface area contributed by atoms with Crippen LogP contribution in [0.1, 0.15) is 29.7 Å². The van der Waals surface area contributed by atoms with Crippen molar-refractivity contribution < 1.29 is 5.21 Å². The third-order valence-corrected chi connectivity index (χ3v) is 3.21. The molecule has 5 heteroatoms. The number of pyridine rings is 1. The van der Waals surface area contributed by atoms with Crippen molar-refractivity contribution >= 4 is 5.84 Å². The summed E-state index contributed by atoms with van der Waals surface area (Å²) >= 11 is 0. The highest BCUT2D eigenvalue weighted by atomic mass is 16.4. The zero-order valence-electron chi connectivity index (χ0n) is 11.3. The molecular formula is C15H18N4O. The summed E-state index contributed by atoms with van der Waals surface area (Å²) in [4.78, 5) is 4.01. The molecule has 2 rings (SSSR count). The summed E-state index contributed by atoms with van der Waals surface area (Å²) in [6.07, 6.45) is 3.55. The number of nitrogens with one attached hydrogen (secondary N) is 1. The lowest BCUT2D eigenvalue weighted by Gasteiger charge is -2.15. The van der Waals surface area contributed by atoms with Crippen molar-refractivity contribution in [2.24, 2.45) is 10.9 Å². The molecule has 0 fully saturated rings. The minimum atomic E-state index is 0.124. The summed E-state index contributed by atoms with van der Waals surface area (Å²) in [6.45, 7) is 2.72. The summed E-state index contributed by atoms with van der Waals surface area (Å²) in [6, 6.07) is 11.7. The number of amidine groups is 1. The van der Waals surface area contributed by atoms with E-state index in [4.69, 9.17) is 10.9 Å². The second-order valence-electron chi connectivity index (χ2n) is 4.53. The largest absolute Gasteiger partial charge is 0.409 e. The highest BCUT2D eigenvalue weighted by molar-refractivity contribution is 5.98. The van der Waals surface area contributed by atoms with Crippen molar-refractivity contribution in [2.75, 3.05) is 0 Å². The van der Waals surface area contributed by atoms with Gasteiger partial charge in [-0.2, -0.15) is 0 Å². The first-order valence-corrected chi connectivity index (χ1v) is 6.41. The van der Waals surface area contributed by atoms with Crippen LogP contribution in [0.5, 0.6) is 0 Å². The molecular weight excluding hydrogens is 252 g/mol. The summed E-state index contributed by atoms with van der Waals surface area (Å²) in [5, 5.41) is 15.3. The average Bonchev–Trinajstić information content (AvgIpc) is 2.53. The Hall–Kier alpha value is -2.40. The molecule has 2 aromatic rings. The first-order chi connectivity index (χ1) is 9.72. The predicted octanol–water partition coefficient (Wildman–Crippen LogP) is 2.03. The highest BCUT2D eigenvalue weighted by Gasteiger charge is 2.08. The molecule has 0 spiro atoms. The van der Waals surface area contributed by atoms with Crippen LogP contribution in [0.15, 0.2) is 53.9 Å². The average molecular weight is 270 g/mol. The molecule has 5 nitrogen and oxygen atoms in total. The fourth-order valence-electron chi connectivity index (χ4n) is 2.01. The summed E-state index contributed by atoms with van der Waals surface area (Å²) < 4.78 is 0. The summed E-state index contributed by atoms with van der Waals surface area (Å²) in [5.41, 5.74) is 8.57. The van der Waals surface area contributed by atoms with Gasteiger partial charge in [0.2, 0.25) is 0 Å². The molecule has 1 aromatic carbocycles. The molecule has 1 unspecified atom stereocenters. The second kappa shape index (κ2) is 6.68. The van der Waals surface area contributed by atoms with Gasteiger partial charge in [-0.15, -0.1) is 0 Å². The Kier molecular flexibility index (Phi) is 4.68. The lowest BCUT2D eigenvalue weighted by atomic mass is 10.1. The maximum atomic E-state index is 8.80. The number of rotatable bonds is 5. The van der Waals surface area contributed by atoms with Crippen molar-refractivity contribution in [1.29, 1.82) is 0 Å². The number of hydrogen-bond donors (Lipinski definition) is 3. The summed E-state index contributed by atoms with van der Waals surface area (Å²) in [5.74, 6) is 0.124. The van der Waals surface area contributed by atoms with Gasteiger partial charge in [-0.3, -0.25) is 4.98 Å². The van der Waals surface area contributed by atoms with Gasteiger partial charge >= 0.3 is 0 Å². The fraction of sp³-hybridized carbons (Fsp3) is 0.200. The lowest BCUT2D eigenvalue weighted by molar-refractivity contribution is 0.318. The zero-order valence-corrected chi connectivity index (χ0v) is 11.3. The monoisotopic (exact) mass is 270 g/mol. The standard InChI is InChI=1S/C15H18N4O/c1-11(12-6-8-17-9-7-12)18-10-13-4-2-3-5-14(13)15(16)19-20/h2-9,11,18,20H,10H2,1H3,(H2,16,19). The Bertz CT molecular complexity index is 583. The van der Waals surface area contributed by atoms with Gasteiger partial charge in [0, 0.05) is 30.5 Å². The van der Waals surface area contributed by atoms with Gasteiger partial charge < -0.3 is 16.3 Å². The number of hydrogen-bond acceptors (Lipinski definition) is 4. The topological polar surface area (TPSA) is 83.5 Å². The van der Waals surface area contributed by atoms with E-state index in [-0.39, 0.29) is 11.9 Å². The molecule has 0 aliphatic rings. The number of aromatic nitrogens is 1. The molecule has 20 heavy (non-hydrogen) atoms. The van der Waals surface area contributed by atoms with E-state index in [2.05, 4.69) is 22.4 Å². The lowest BCUT2D eigenvalue weighted by Crippen LogP contribution is -2.22. The summed E-state index contributed by atoms with van der Waals surface area (Å²) in [7, 11) is 0. The van der Waals surface area contributed by atoms with E-state index in [0.29, 0.717) is 6.54 Å².